The molecule has 1 amide bonds. The maximum Gasteiger partial charge on any atom is 0.253 e. The van der Waals surface area contributed by atoms with Crippen molar-refractivity contribution >= 4 is 18.3 Å². The maximum atomic E-state index is 12.8. The SMILES string of the molecule is CCc1ccc(C(=O)N2C[C@@H](CN)[C@H](c3ccccc3)C2)cc1.Cl. The Labute approximate surface area is 150 Å². The van der Waals surface area contributed by atoms with Crippen LogP contribution in [0.2, 0.25) is 0 Å². The Hall–Kier alpha value is -1.84. The molecule has 0 radical (unpaired) electrons. The quantitative estimate of drug-likeness (QED) is 0.922. The molecule has 1 fully saturated rings. The summed E-state index contributed by atoms with van der Waals surface area (Å²) >= 11 is 0. The predicted molar refractivity (Wildman–Crippen MR) is 101 cm³/mol. The minimum atomic E-state index is 0. The molecule has 0 unspecified atom stereocenters. The van der Waals surface area contributed by atoms with E-state index in [1.165, 1.54) is 11.1 Å². The summed E-state index contributed by atoms with van der Waals surface area (Å²) in [6.07, 6.45) is 0.990. The summed E-state index contributed by atoms with van der Waals surface area (Å²) in [7, 11) is 0. The van der Waals surface area contributed by atoms with Gasteiger partial charge in [0, 0.05) is 24.6 Å². The molecule has 1 saturated heterocycles. The molecule has 3 rings (SSSR count). The molecule has 0 saturated carbocycles. The molecule has 0 aromatic heterocycles. The molecule has 24 heavy (non-hydrogen) atoms. The number of nitrogens with two attached hydrogens (primary N) is 1. The van der Waals surface area contributed by atoms with Gasteiger partial charge in [-0.3, -0.25) is 4.79 Å². The highest BCUT2D eigenvalue weighted by Gasteiger charge is 2.35. The lowest BCUT2D eigenvalue weighted by atomic mass is 9.89. The van der Waals surface area contributed by atoms with Crippen LogP contribution in [0.5, 0.6) is 0 Å². The molecule has 3 nitrogen and oxygen atoms in total. The van der Waals surface area contributed by atoms with Crippen molar-refractivity contribution in [2.45, 2.75) is 19.3 Å². The number of hydrogen-bond acceptors (Lipinski definition) is 2. The molecule has 0 spiro atoms. The summed E-state index contributed by atoms with van der Waals surface area (Å²) in [4.78, 5) is 14.7. The Kier molecular flexibility index (Phi) is 6.41. The van der Waals surface area contributed by atoms with Crippen LogP contribution in [-0.2, 0) is 6.42 Å². The van der Waals surface area contributed by atoms with E-state index in [1.54, 1.807) is 0 Å². The molecule has 0 aliphatic carbocycles. The molecule has 0 bridgehead atoms. The van der Waals surface area contributed by atoms with E-state index in [-0.39, 0.29) is 18.3 Å². The van der Waals surface area contributed by atoms with Gasteiger partial charge in [0.1, 0.15) is 0 Å². The maximum absolute atomic E-state index is 12.8. The van der Waals surface area contributed by atoms with Crippen molar-refractivity contribution in [3.8, 4) is 0 Å². The third-order valence-electron chi connectivity index (χ3n) is 4.87. The van der Waals surface area contributed by atoms with E-state index < -0.39 is 0 Å². The Morgan fingerprint density at radius 2 is 1.75 bits per heavy atom. The number of rotatable bonds is 4. The average molecular weight is 345 g/mol. The molecule has 1 aliphatic rings. The van der Waals surface area contributed by atoms with E-state index in [1.807, 2.05) is 35.2 Å². The summed E-state index contributed by atoms with van der Waals surface area (Å²) < 4.78 is 0. The molecule has 2 aromatic carbocycles. The van der Waals surface area contributed by atoms with Gasteiger partial charge >= 0.3 is 0 Å². The van der Waals surface area contributed by atoms with Crippen LogP contribution in [0.15, 0.2) is 54.6 Å². The van der Waals surface area contributed by atoms with Crippen LogP contribution >= 0.6 is 12.4 Å². The molecule has 1 heterocycles. The number of hydrogen-bond donors (Lipinski definition) is 1. The second-order valence-electron chi connectivity index (χ2n) is 6.27. The lowest BCUT2D eigenvalue weighted by Gasteiger charge is -2.17. The molecule has 2 aromatic rings. The number of carbonyl (C=O) groups is 1. The number of carbonyl (C=O) groups excluding carboxylic acids is 1. The topological polar surface area (TPSA) is 46.3 Å². The van der Waals surface area contributed by atoms with Crippen molar-refractivity contribution in [3.05, 3.63) is 71.3 Å². The molecule has 2 N–H and O–H groups in total. The minimum absolute atomic E-state index is 0. The number of benzene rings is 2. The highest BCUT2D eigenvalue weighted by molar-refractivity contribution is 5.94. The van der Waals surface area contributed by atoms with Gasteiger partial charge in [0.25, 0.3) is 5.91 Å². The van der Waals surface area contributed by atoms with Gasteiger partial charge in [-0.25, -0.2) is 0 Å². The monoisotopic (exact) mass is 344 g/mol. The van der Waals surface area contributed by atoms with Crippen LogP contribution in [0.1, 0.15) is 34.3 Å². The largest absolute Gasteiger partial charge is 0.338 e. The van der Waals surface area contributed by atoms with Crippen LogP contribution in [-0.4, -0.2) is 30.4 Å². The second kappa shape index (κ2) is 8.32. The Morgan fingerprint density at radius 1 is 1.08 bits per heavy atom. The Balaban J connectivity index is 0.00000208. The van der Waals surface area contributed by atoms with Gasteiger partial charge in [0.05, 0.1) is 0 Å². The molecule has 2 atom stereocenters. The van der Waals surface area contributed by atoms with Crippen molar-refractivity contribution in [1.82, 2.24) is 4.90 Å². The highest BCUT2D eigenvalue weighted by Crippen LogP contribution is 2.32. The lowest BCUT2D eigenvalue weighted by Crippen LogP contribution is -2.29. The van der Waals surface area contributed by atoms with Gasteiger partial charge in [-0.15, -0.1) is 12.4 Å². The second-order valence-corrected chi connectivity index (χ2v) is 6.27. The van der Waals surface area contributed by atoms with Crippen molar-refractivity contribution < 1.29 is 4.79 Å². The van der Waals surface area contributed by atoms with Gasteiger partial charge in [0.15, 0.2) is 0 Å². The van der Waals surface area contributed by atoms with E-state index >= 15 is 0 Å². The van der Waals surface area contributed by atoms with E-state index in [9.17, 15) is 4.79 Å². The molecule has 4 heteroatoms. The average Bonchev–Trinajstić information content (AvgIpc) is 3.06. The zero-order chi connectivity index (χ0) is 16.2. The zero-order valence-corrected chi connectivity index (χ0v) is 14.8. The van der Waals surface area contributed by atoms with Gasteiger partial charge < -0.3 is 10.6 Å². The van der Waals surface area contributed by atoms with Crippen LogP contribution in [0, 0.1) is 5.92 Å². The summed E-state index contributed by atoms with van der Waals surface area (Å²) in [5.41, 5.74) is 9.26. The Bertz CT molecular complexity index is 657. The standard InChI is InChI=1S/C20H24N2O.ClH/c1-2-15-8-10-17(11-9-15)20(23)22-13-18(12-21)19(14-22)16-6-4-3-5-7-16;/h3-11,18-19H,2,12-14,21H2,1H3;1H/t18-,19+;/m1./s1. The van der Waals surface area contributed by atoms with Crippen LogP contribution in [0.4, 0.5) is 0 Å². The van der Waals surface area contributed by atoms with E-state index in [2.05, 4.69) is 31.2 Å². The van der Waals surface area contributed by atoms with Crippen LogP contribution in [0.25, 0.3) is 0 Å². The number of amides is 1. The smallest absolute Gasteiger partial charge is 0.253 e. The molecular weight excluding hydrogens is 320 g/mol. The van der Waals surface area contributed by atoms with Crippen LogP contribution in [0.3, 0.4) is 0 Å². The molecule has 128 valence electrons. The fourth-order valence-electron chi connectivity index (χ4n) is 3.42. The first-order valence-corrected chi connectivity index (χ1v) is 8.36. The molecule has 1 aliphatic heterocycles. The van der Waals surface area contributed by atoms with Crippen molar-refractivity contribution in [3.63, 3.8) is 0 Å². The number of aryl methyl sites for hydroxylation is 1. The first kappa shape index (κ1) is 18.5. The third kappa shape index (κ3) is 3.80. The van der Waals surface area contributed by atoms with Crippen molar-refractivity contribution in [2.75, 3.05) is 19.6 Å². The van der Waals surface area contributed by atoms with Gasteiger partial charge in [-0.1, -0.05) is 49.4 Å². The normalized spacial score (nSPS) is 19.8. The number of nitrogens with zero attached hydrogens (tertiary/aromatic N) is 1. The third-order valence-corrected chi connectivity index (χ3v) is 4.87. The molecular formula is C20H25ClN2O. The fraction of sp³-hybridized carbons (Fsp3) is 0.350. The van der Waals surface area contributed by atoms with E-state index in [4.69, 9.17) is 5.73 Å². The van der Waals surface area contributed by atoms with Crippen molar-refractivity contribution in [1.29, 1.82) is 0 Å². The van der Waals surface area contributed by atoms with Gasteiger partial charge in [-0.2, -0.15) is 0 Å². The minimum Gasteiger partial charge on any atom is -0.338 e. The van der Waals surface area contributed by atoms with E-state index in [0.29, 0.717) is 18.4 Å². The van der Waals surface area contributed by atoms with Crippen LogP contribution < -0.4 is 5.73 Å². The summed E-state index contributed by atoms with van der Waals surface area (Å²) in [6, 6.07) is 18.4. The summed E-state index contributed by atoms with van der Waals surface area (Å²) in [6.45, 7) is 4.22. The lowest BCUT2D eigenvalue weighted by molar-refractivity contribution is 0.0786. The highest BCUT2D eigenvalue weighted by atomic mass is 35.5. The Morgan fingerprint density at radius 3 is 2.33 bits per heavy atom. The summed E-state index contributed by atoms with van der Waals surface area (Å²) in [5.74, 6) is 0.779. The fourth-order valence-corrected chi connectivity index (χ4v) is 3.42. The first-order valence-electron chi connectivity index (χ1n) is 8.36. The zero-order valence-electron chi connectivity index (χ0n) is 14.0. The number of halogens is 1. The predicted octanol–water partition coefficient (Wildman–Crippen LogP) is 3.49. The first-order chi connectivity index (χ1) is 11.2. The van der Waals surface area contributed by atoms with Gasteiger partial charge in [-0.05, 0) is 42.1 Å². The number of likely N-dealkylation sites (tertiary alicyclic amines) is 1. The van der Waals surface area contributed by atoms with Crippen molar-refractivity contribution in [2.24, 2.45) is 11.7 Å². The van der Waals surface area contributed by atoms with Gasteiger partial charge in [0.2, 0.25) is 0 Å². The summed E-state index contributed by atoms with van der Waals surface area (Å²) in [5, 5.41) is 0. The van der Waals surface area contributed by atoms with E-state index in [0.717, 1.165) is 25.1 Å².